The number of aldehydes is 1. The van der Waals surface area contributed by atoms with Crippen molar-refractivity contribution in [2.24, 2.45) is 0 Å². The quantitative estimate of drug-likeness (QED) is 0.622. The van der Waals surface area contributed by atoms with Crippen molar-refractivity contribution in [3.05, 3.63) is 46.8 Å². The first-order valence-corrected chi connectivity index (χ1v) is 7.74. The highest BCUT2D eigenvalue weighted by Gasteiger charge is 2.16. The Labute approximate surface area is 137 Å². The molecule has 0 aliphatic heterocycles. The van der Waals surface area contributed by atoms with Crippen molar-refractivity contribution in [1.29, 1.82) is 0 Å². The van der Waals surface area contributed by atoms with E-state index in [0.29, 0.717) is 21.9 Å². The molecule has 120 valence electrons. The zero-order chi connectivity index (χ0) is 16.7. The number of ether oxygens (including phenoxy) is 2. The van der Waals surface area contributed by atoms with Crippen LogP contribution in [-0.4, -0.2) is 31.4 Å². The molecule has 0 radical (unpaired) electrons. The highest BCUT2D eigenvalue weighted by Crippen LogP contribution is 2.24. The lowest BCUT2D eigenvalue weighted by atomic mass is 10.2. The van der Waals surface area contributed by atoms with E-state index >= 15 is 0 Å². The van der Waals surface area contributed by atoms with Gasteiger partial charge in [-0.2, -0.15) is 0 Å². The number of thiophene rings is 1. The van der Waals surface area contributed by atoms with Crippen LogP contribution in [0.1, 0.15) is 27.6 Å². The van der Waals surface area contributed by atoms with Gasteiger partial charge in [0.2, 0.25) is 0 Å². The maximum Gasteiger partial charge on any atom is 0.341 e. The summed E-state index contributed by atoms with van der Waals surface area (Å²) < 4.78 is 10.2. The number of carbonyl (C=O) groups is 3. The van der Waals surface area contributed by atoms with Gasteiger partial charge in [0, 0.05) is 5.56 Å². The summed E-state index contributed by atoms with van der Waals surface area (Å²) in [4.78, 5) is 34.2. The molecule has 0 spiro atoms. The Morgan fingerprint density at radius 1 is 1.22 bits per heavy atom. The average Bonchev–Trinajstić information content (AvgIpc) is 3.02. The van der Waals surface area contributed by atoms with Gasteiger partial charge < -0.3 is 14.8 Å². The predicted octanol–water partition coefficient (Wildman–Crippen LogP) is 2.75. The van der Waals surface area contributed by atoms with E-state index in [4.69, 9.17) is 9.47 Å². The fraction of sp³-hybridized carbons (Fsp3) is 0.188. The molecule has 7 heteroatoms. The van der Waals surface area contributed by atoms with Gasteiger partial charge in [0.15, 0.2) is 6.61 Å². The van der Waals surface area contributed by atoms with Crippen LogP contribution in [0.3, 0.4) is 0 Å². The van der Waals surface area contributed by atoms with Crippen molar-refractivity contribution in [1.82, 2.24) is 0 Å². The SMILES string of the molecule is CCOC(=O)c1ccsc1NC(=O)COc1ccc(C=O)cc1. The number of carbonyl (C=O) groups excluding carboxylic acids is 3. The van der Waals surface area contributed by atoms with Crippen molar-refractivity contribution < 1.29 is 23.9 Å². The minimum Gasteiger partial charge on any atom is -0.484 e. The molecule has 1 aromatic carbocycles. The lowest BCUT2D eigenvalue weighted by Crippen LogP contribution is -2.21. The molecule has 1 amide bonds. The van der Waals surface area contributed by atoms with Gasteiger partial charge >= 0.3 is 5.97 Å². The van der Waals surface area contributed by atoms with Gasteiger partial charge in [0.05, 0.1) is 12.2 Å². The number of benzene rings is 1. The Hall–Kier alpha value is -2.67. The summed E-state index contributed by atoms with van der Waals surface area (Å²) in [5, 5.41) is 4.74. The molecule has 0 aliphatic carbocycles. The second-order valence-electron chi connectivity index (χ2n) is 4.41. The van der Waals surface area contributed by atoms with Crippen LogP contribution in [0.25, 0.3) is 0 Å². The van der Waals surface area contributed by atoms with Crippen molar-refractivity contribution in [3.8, 4) is 5.75 Å². The standard InChI is InChI=1S/C16H15NO5S/c1-2-21-16(20)13-7-8-23-15(13)17-14(19)10-22-12-5-3-11(9-18)4-6-12/h3-9H,2,10H2,1H3,(H,17,19). The molecular formula is C16H15NO5S. The summed E-state index contributed by atoms with van der Waals surface area (Å²) in [6.45, 7) is 1.77. The van der Waals surface area contributed by atoms with Gasteiger partial charge in [0.25, 0.3) is 5.91 Å². The maximum absolute atomic E-state index is 11.9. The molecule has 23 heavy (non-hydrogen) atoms. The van der Waals surface area contributed by atoms with Gasteiger partial charge in [-0.1, -0.05) is 0 Å². The Morgan fingerprint density at radius 3 is 2.61 bits per heavy atom. The third-order valence-corrected chi connectivity index (χ3v) is 3.63. The molecule has 0 bridgehead atoms. The van der Waals surface area contributed by atoms with E-state index < -0.39 is 11.9 Å². The highest BCUT2D eigenvalue weighted by atomic mass is 32.1. The minimum atomic E-state index is -0.477. The summed E-state index contributed by atoms with van der Waals surface area (Å²) >= 11 is 1.23. The minimum absolute atomic E-state index is 0.208. The Kier molecular flexibility index (Phi) is 5.87. The Balaban J connectivity index is 1.91. The van der Waals surface area contributed by atoms with Crippen molar-refractivity contribution in [2.45, 2.75) is 6.92 Å². The van der Waals surface area contributed by atoms with Gasteiger partial charge in [0.1, 0.15) is 17.0 Å². The third-order valence-electron chi connectivity index (χ3n) is 2.80. The van der Waals surface area contributed by atoms with E-state index in [-0.39, 0.29) is 13.2 Å². The molecule has 1 N–H and O–H groups in total. The number of hydrogen-bond donors (Lipinski definition) is 1. The molecule has 1 aromatic heterocycles. The van der Waals surface area contributed by atoms with Gasteiger partial charge in [-0.25, -0.2) is 4.79 Å². The van der Waals surface area contributed by atoms with Gasteiger partial charge in [-0.05, 0) is 42.6 Å². The van der Waals surface area contributed by atoms with Gasteiger partial charge in [-0.15, -0.1) is 11.3 Å². The van der Waals surface area contributed by atoms with Crippen LogP contribution in [0.2, 0.25) is 0 Å². The monoisotopic (exact) mass is 333 g/mol. The van der Waals surface area contributed by atoms with Crippen LogP contribution in [-0.2, 0) is 9.53 Å². The summed E-state index contributed by atoms with van der Waals surface area (Å²) in [7, 11) is 0. The van der Waals surface area contributed by atoms with E-state index in [9.17, 15) is 14.4 Å². The topological polar surface area (TPSA) is 81.7 Å². The number of nitrogens with one attached hydrogen (secondary N) is 1. The molecule has 0 unspecified atom stereocenters. The molecule has 2 aromatic rings. The van der Waals surface area contributed by atoms with E-state index in [1.54, 1.807) is 42.6 Å². The summed E-state index contributed by atoms with van der Waals surface area (Å²) in [5.74, 6) is -0.394. The normalized spacial score (nSPS) is 9.96. The molecule has 1 heterocycles. The summed E-state index contributed by atoms with van der Waals surface area (Å²) in [5.41, 5.74) is 0.847. The van der Waals surface area contributed by atoms with Crippen LogP contribution in [0.4, 0.5) is 5.00 Å². The molecule has 0 aliphatic rings. The first-order chi connectivity index (χ1) is 11.1. The largest absolute Gasteiger partial charge is 0.484 e. The predicted molar refractivity (Wildman–Crippen MR) is 86.2 cm³/mol. The second-order valence-corrected chi connectivity index (χ2v) is 5.32. The zero-order valence-corrected chi connectivity index (χ0v) is 13.2. The number of anilines is 1. The van der Waals surface area contributed by atoms with Crippen LogP contribution >= 0.6 is 11.3 Å². The molecular weight excluding hydrogens is 318 g/mol. The molecule has 2 rings (SSSR count). The van der Waals surface area contributed by atoms with Gasteiger partial charge in [-0.3, -0.25) is 9.59 Å². The Morgan fingerprint density at radius 2 is 1.96 bits per heavy atom. The number of rotatable bonds is 7. The third kappa shape index (κ3) is 4.65. The molecule has 0 saturated carbocycles. The average molecular weight is 333 g/mol. The lowest BCUT2D eigenvalue weighted by molar-refractivity contribution is -0.118. The van der Waals surface area contributed by atoms with Crippen molar-refractivity contribution in [2.75, 3.05) is 18.5 Å². The van der Waals surface area contributed by atoms with Crippen LogP contribution in [0, 0.1) is 0 Å². The first kappa shape index (κ1) is 16.7. The smallest absolute Gasteiger partial charge is 0.341 e. The summed E-state index contributed by atoms with van der Waals surface area (Å²) in [6.07, 6.45) is 0.726. The van der Waals surface area contributed by atoms with Crippen LogP contribution < -0.4 is 10.1 Å². The number of esters is 1. The van der Waals surface area contributed by atoms with Crippen molar-refractivity contribution >= 4 is 34.5 Å². The fourth-order valence-corrected chi connectivity index (χ4v) is 2.52. The van der Waals surface area contributed by atoms with E-state index in [1.165, 1.54) is 11.3 Å². The van der Waals surface area contributed by atoms with E-state index in [0.717, 1.165) is 6.29 Å². The Bertz CT molecular complexity index is 693. The fourth-order valence-electron chi connectivity index (χ4n) is 1.73. The van der Waals surface area contributed by atoms with Crippen LogP contribution in [0.5, 0.6) is 5.75 Å². The van der Waals surface area contributed by atoms with Crippen molar-refractivity contribution in [3.63, 3.8) is 0 Å². The van der Waals surface area contributed by atoms with Crippen LogP contribution in [0.15, 0.2) is 35.7 Å². The lowest BCUT2D eigenvalue weighted by Gasteiger charge is -2.08. The first-order valence-electron chi connectivity index (χ1n) is 6.86. The highest BCUT2D eigenvalue weighted by molar-refractivity contribution is 7.14. The second kappa shape index (κ2) is 8.09. The summed E-state index contributed by atoms with van der Waals surface area (Å²) in [6, 6.07) is 7.99. The van der Waals surface area contributed by atoms with E-state index in [2.05, 4.69) is 5.32 Å². The number of amides is 1. The molecule has 6 nitrogen and oxygen atoms in total. The maximum atomic E-state index is 11.9. The molecule has 0 atom stereocenters. The molecule has 0 saturated heterocycles. The zero-order valence-electron chi connectivity index (χ0n) is 12.4. The van der Waals surface area contributed by atoms with E-state index in [1.807, 2.05) is 0 Å². The molecule has 0 fully saturated rings. The number of hydrogen-bond acceptors (Lipinski definition) is 6.